The van der Waals surface area contributed by atoms with Gasteiger partial charge in [-0.05, 0) is 82.0 Å². The second kappa shape index (κ2) is 11.6. The summed E-state index contributed by atoms with van der Waals surface area (Å²) in [5, 5.41) is 0.861. The molecule has 212 valence electrons. The first-order valence-electron chi connectivity index (χ1n) is 13.7. The van der Waals surface area contributed by atoms with E-state index >= 15 is 0 Å². The Hall–Kier alpha value is -4.07. The molecule has 3 amide bonds. The lowest BCUT2D eigenvalue weighted by Gasteiger charge is -2.54. The number of furan rings is 1. The Bertz CT molecular complexity index is 1380. The number of rotatable bonds is 10. The highest BCUT2D eigenvalue weighted by atomic mass is 16.6. The number of benzene rings is 2. The molecule has 0 spiro atoms. The second-order valence-electron chi connectivity index (χ2n) is 11.1. The maximum Gasteiger partial charge on any atom is 0.334 e. The van der Waals surface area contributed by atoms with Gasteiger partial charge in [-0.25, -0.2) is 9.69 Å². The second-order valence-corrected chi connectivity index (χ2v) is 11.1. The van der Waals surface area contributed by atoms with Crippen LogP contribution in [-0.4, -0.2) is 41.2 Å². The van der Waals surface area contributed by atoms with E-state index in [1.165, 1.54) is 4.90 Å². The van der Waals surface area contributed by atoms with Crippen molar-refractivity contribution in [3.8, 4) is 5.75 Å². The summed E-state index contributed by atoms with van der Waals surface area (Å²) in [7, 11) is 0. The van der Waals surface area contributed by atoms with Crippen molar-refractivity contribution in [3.05, 3.63) is 73.0 Å². The van der Waals surface area contributed by atoms with Crippen molar-refractivity contribution < 1.29 is 28.3 Å². The lowest BCUT2D eigenvalue weighted by Crippen LogP contribution is -2.74. The molecule has 0 bridgehead atoms. The van der Waals surface area contributed by atoms with Crippen molar-refractivity contribution in [1.82, 2.24) is 4.90 Å². The van der Waals surface area contributed by atoms with E-state index < -0.39 is 23.3 Å². The number of amides is 3. The molecule has 3 aromatic rings. The molecular formula is C32H38N2O6. The van der Waals surface area contributed by atoms with E-state index in [2.05, 4.69) is 6.58 Å². The van der Waals surface area contributed by atoms with Gasteiger partial charge in [-0.15, -0.1) is 6.58 Å². The van der Waals surface area contributed by atoms with E-state index in [4.69, 9.17) is 13.9 Å². The smallest absolute Gasteiger partial charge is 0.334 e. The van der Waals surface area contributed by atoms with Crippen molar-refractivity contribution in [1.29, 1.82) is 0 Å². The Balaban J connectivity index is 1.58. The van der Waals surface area contributed by atoms with E-state index in [0.717, 1.165) is 10.9 Å². The van der Waals surface area contributed by atoms with Crippen LogP contribution in [0.5, 0.6) is 5.75 Å². The molecular weight excluding hydrogens is 508 g/mol. The largest absolute Gasteiger partial charge is 0.469 e. The lowest BCUT2D eigenvalue weighted by molar-refractivity contribution is -0.190. The first-order chi connectivity index (χ1) is 19.0. The van der Waals surface area contributed by atoms with Crippen molar-refractivity contribution in [2.75, 3.05) is 11.4 Å². The van der Waals surface area contributed by atoms with Crippen LogP contribution in [0.1, 0.15) is 59.4 Å². The van der Waals surface area contributed by atoms with Gasteiger partial charge in [0.2, 0.25) is 5.91 Å². The van der Waals surface area contributed by atoms with E-state index in [1.54, 1.807) is 41.5 Å². The highest BCUT2D eigenvalue weighted by molar-refractivity contribution is 6.09. The van der Waals surface area contributed by atoms with Crippen LogP contribution < -0.4 is 9.64 Å². The van der Waals surface area contributed by atoms with Gasteiger partial charge in [0.05, 0.1) is 12.7 Å². The molecule has 0 N–H and O–H groups in total. The summed E-state index contributed by atoms with van der Waals surface area (Å²) < 4.78 is 17.2. The quantitative estimate of drug-likeness (QED) is 0.157. The molecule has 1 aliphatic rings. The zero-order valence-corrected chi connectivity index (χ0v) is 23.9. The molecule has 0 aliphatic carbocycles. The van der Waals surface area contributed by atoms with Gasteiger partial charge in [0.25, 0.3) is 0 Å². The van der Waals surface area contributed by atoms with E-state index in [9.17, 15) is 14.4 Å². The molecule has 4 rings (SSSR count). The third-order valence-electron chi connectivity index (χ3n) is 7.29. The summed E-state index contributed by atoms with van der Waals surface area (Å²) in [6.45, 7) is 13.5. The number of urea groups is 1. The lowest BCUT2D eigenvalue weighted by atomic mass is 9.72. The predicted octanol–water partition coefficient (Wildman–Crippen LogP) is 6.87. The van der Waals surface area contributed by atoms with E-state index in [-0.39, 0.29) is 18.3 Å². The molecule has 2 aromatic carbocycles. The van der Waals surface area contributed by atoms with Crippen LogP contribution in [0, 0.1) is 5.41 Å². The minimum atomic E-state index is -0.816. The molecule has 0 unspecified atom stereocenters. The van der Waals surface area contributed by atoms with E-state index in [1.807, 2.05) is 58.9 Å². The number of β-lactam (4-membered cyclic amide) rings is 1. The maximum absolute atomic E-state index is 14.0. The van der Waals surface area contributed by atoms with Crippen molar-refractivity contribution in [2.45, 2.75) is 72.1 Å². The molecule has 1 fully saturated rings. The number of fused-ring (bicyclic) bond motifs is 1. The van der Waals surface area contributed by atoms with Gasteiger partial charge in [-0.2, -0.15) is 0 Å². The van der Waals surface area contributed by atoms with Crippen molar-refractivity contribution in [3.63, 3.8) is 0 Å². The summed E-state index contributed by atoms with van der Waals surface area (Å²) >= 11 is 0. The number of carbonyl (C=O) groups excluding carboxylic acids is 3. The Kier molecular flexibility index (Phi) is 8.37. The molecule has 0 saturated carbocycles. The fourth-order valence-corrected chi connectivity index (χ4v) is 5.05. The number of anilines is 1. The average molecular weight is 547 g/mol. The molecule has 1 aliphatic heterocycles. The third-order valence-corrected chi connectivity index (χ3v) is 7.29. The summed E-state index contributed by atoms with van der Waals surface area (Å²) in [4.78, 5) is 42.6. The van der Waals surface area contributed by atoms with Crippen LogP contribution in [0.3, 0.4) is 0 Å². The first kappa shape index (κ1) is 28.9. The Morgan fingerprint density at radius 3 is 2.42 bits per heavy atom. The van der Waals surface area contributed by atoms with Gasteiger partial charge in [-0.1, -0.05) is 32.1 Å². The van der Waals surface area contributed by atoms with Crippen LogP contribution in [0.25, 0.3) is 11.0 Å². The number of ether oxygens (including phenoxy) is 2. The maximum atomic E-state index is 14.0. The number of esters is 1. The number of hydrogen-bond donors (Lipinski definition) is 0. The van der Waals surface area contributed by atoms with Crippen LogP contribution in [0.4, 0.5) is 10.5 Å². The molecule has 1 atom stereocenters. The summed E-state index contributed by atoms with van der Waals surface area (Å²) in [5.41, 5.74) is 0.780. The molecule has 8 nitrogen and oxygen atoms in total. The number of hydrogen-bond acceptors (Lipinski definition) is 6. The van der Waals surface area contributed by atoms with Gasteiger partial charge >= 0.3 is 12.0 Å². The summed E-state index contributed by atoms with van der Waals surface area (Å²) in [5.74, 6) is -0.0549. The normalized spacial score (nSPS) is 16.4. The summed E-state index contributed by atoms with van der Waals surface area (Å²) in [6, 6.07) is 14.0. The predicted molar refractivity (Wildman–Crippen MR) is 154 cm³/mol. The van der Waals surface area contributed by atoms with Gasteiger partial charge in [0, 0.05) is 17.6 Å². The fourth-order valence-electron chi connectivity index (χ4n) is 5.05. The topological polar surface area (TPSA) is 89.3 Å². The standard InChI is InChI=1S/C32H38N2O6/c1-7-10-18-33(24-13-16-26-23(21-24)17-19-38-26)30(37)34-28(36)32(8-2,9-3)29(34)39-25-14-11-22(12-15-25)20-27(35)40-31(4,5)6/h7,11-17,19,21,29H,1,8-10,18,20H2,2-6H3/t29-/m1/s1. The molecule has 1 saturated heterocycles. The number of carbonyl (C=O) groups is 3. The average Bonchev–Trinajstić information content (AvgIpc) is 3.38. The molecule has 0 radical (unpaired) electrons. The number of nitrogens with zero attached hydrogens (tertiary/aromatic N) is 2. The van der Waals surface area contributed by atoms with E-state index in [0.29, 0.717) is 42.8 Å². The Morgan fingerprint density at radius 1 is 1.10 bits per heavy atom. The molecule has 1 aromatic heterocycles. The SMILES string of the molecule is C=CCCN(C(=O)N1C(=O)C(CC)(CC)[C@H]1Oc1ccc(CC(=O)OC(C)(C)C)cc1)c1ccc2occc2c1. The number of likely N-dealkylation sites (tertiary alicyclic amines) is 1. The minimum absolute atomic E-state index is 0.136. The van der Waals surface area contributed by atoms with Gasteiger partial charge in [0.15, 0.2) is 6.23 Å². The Labute approximate surface area is 235 Å². The highest BCUT2D eigenvalue weighted by Crippen LogP contribution is 2.47. The number of imide groups is 1. The zero-order valence-electron chi connectivity index (χ0n) is 23.9. The molecule has 40 heavy (non-hydrogen) atoms. The zero-order chi connectivity index (χ0) is 29.1. The van der Waals surface area contributed by atoms with Gasteiger partial charge < -0.3 is 13.9 Å². The van der Waals surface area contributed by atoms with Crippen LogP contribution in [0.2, 0.25) is 0 Å². The van der Waals surface area contributed by atoms with Crippen LogP contribution >= 0.6 is 0 Å². The monoisotopic (exact) mass is 546 g/mol. The third kappa shape index (κ3) is 5.76. The van der Waals surface area contributed by atoms with Crippen LogP contribution in [0.15, 0.2) is 71.9 Å². The fraction of sp³-hybridized carbons (Fsp3) is 0.406. The summed E-state index contributed by atoms with van der Waals surface area (Å²) in [6.07, 6.45) is 4.31. The minimum Gasteiger partial charge on any atom is -0.469 e. The first-order valence-corrected chi connectivity index (χ1v) is 13.7. The van der Waals surface area contributed by atoms with Crippen molar-refractivity contribution in [2.24, 2.45) is 5.41 Å². The molecule has 2 heterocycles. The molecule has 8 heteroatoms. The van der Waals surface area contributed by atoms with Crippen molar-refractivity contribution >= 4 is 34.6 Å². The van der Waals surface area contributed by atoms with Gasteiger partial charge in [0.1, 0.15) is 22.3 Å². The van der Waals surface area contributed by atoms with Crippen LogP contribution in [-0.2, 0) is 20.7 Å². The van der Waals surface area contributed by atoms with Gasteiger partial charge in [-0.3, -0.25) is 14.5 Å². The highest BCUT2D eigenvalue weighted by Gasteiger charge is 2.63. The Morgan fingerprint density at radius 2 is 1.80 bits per heavy atom.